The molecule has 0 bridgehead atoms. The third kappa shape index (κ3) is 6.37. The van der Waals surface area contributed by atoms with E-state index < -0.39 is 52.5 Å². The smallest absolute Gasteiger partial charge is 0.433 e. The number of benzene rings is 6. The molecule has 9 rings (SSSR count). The Morgan fingerprint density at radius 1 is 0.667 bits per heavy atom. The van der Waals surface area contributed by atoms with E-state index >= 15 is 0 Å². The van der Waals surface area contributed by atoms with Gasteiger partial charge in [0.15, 0.2) is 0 Å². The first-order valence-electron chi connectivity index (χ1n) is 19.1. The summed E-state index contributed by atoms with van der Waals surface area (Å²) >= 11 is 0. The van der Waals surface area contributed by atoms with Crippen LogP contribution in [0.1, 0.15) is 39.4 Å². The summed E-state index contributed by atoms with van der Waals surface area (Å²) in [7, 11) is 0. The van der Waals surface area contributed by atoms with Gasteiger partial charge in [0.05, 0.1) is 11.3 Å². The quantitative estimate of drug-likeness (QED) is 0.163. The highest BCUT2D eigenvalue weighted by molar-refractivity contribution is 5.95. The molecular weight excluding hydrogens is 724 g/mol. The van der Waals surface area contributed by atoms with E-state index in [1.165, 1.54) is 12.1 Å². The van der Waals surface area contributed by atoms with Crippen LogP contribution < -0.4 is 20.7 Å². The number of fused-ring (bicyclic) bond motifs is 3. The van der Waals surface area contributed by atoms with Gasteiger partial charge in [-0.25, -0.2) is 4.68 Å². The Morgan fingerprint density at radius 3 is 1.77 bits per heavy atom. The molecule has 2 heterocycles. The monoisotopic (exact) mass is 761 g/mol. The average Bonchev–Trinajstić information content (AvgIpc) is 3.69. The van der Waals surface area contributed by atoms with Crippen LogP contribution in [0.25, 0.3) is 16.5 Å². The van der Waals surface area contributed by atoms with Crippen LogP contribution in [0.3, 0.4) is 0 Å². The van der Waals surface area contributed by atoms with Gasteiger partial charge in [-0.1, -0.05) is 146 Å². The van der Waals surface area contributed by atoms with Crippen molar-refractivity contribution in [3.05, 3.63) is 213 Å². The molecule has 1 N–H and O–H groups in total. The van der Waals surface area contributed by atoms with E-state index in [2.05, 4.69) is 58.5 Å². The van der Waals surface area contributed by atoms with E-state index in [-0.39, 0.29) is 5.69 Å². The van der Waals surface area contributed by atoms with Crippen molar-refractivity contribution in [2.24, 2.45) is 5.92 Å². The van der Waals surface area contributed by atoms with Crippen molar-refractivity contribution < 1.29 is 23.4 Å². The number of nitrogens with zero attached hydrogens (tertiary/aromatic N) is 2. The molecule has 6 aromatic carbocycles. The van der Waals surface area contributed by atoms with Crippen molar-refractivity contribution in [1.29, 1.82) is 0 Å². The van der Waals surface area contributed by atoms with Gasteiger partial charge in [0.25, 0.3) is 5.56 Å². The van der Waals surface area contributed by atoms with E-state index in [9.17, 15) is 28.2 Å². The standard InChI is InChI=1S/C48H38F3N3O3/c49-48(50,51)45-41(46(57)54(52-45)35-22-11-4-12-23-35)40-43(55)37(44(40)56)27-39-47(28-31-15-5-1-6-16-31,29-32-17-7-2-8-18-32)42-36-24-14-13-21-34(36)25-26-38(42)53(39)30-33-19-9-3-10-20-33/h1-27,37,40,43-44,52H,28-30H2/q-2. The molecule has 1 aromatic heterocycles. The van der Waals surface area contributed by atoms with Gasteiger partial charge in [-0.3, -0.25) is 9.89 Å². The number of aromatic amines is 1. The lowest BCUT2D eigenvalue weighted by Crippen LogP contribution is -2.66. The zero-order valence-corrected chi connectivity index (χ0v) is 30.8. The van der Waals surface area contributed by atoms with Gasteiger partial charge >= 0.3 is 6.18 Å². The molecule has 1 fully saturated rings. The molecule has 1 aliphatic heterocycles. The Hall–Kier alpha value is -6.16. The normalized spacial score (nSPS) is 20.8. The summed E-state index contributed by atoms with van der Waals surface area (Å²) in [6, 6.07) is 50.3. The maximum Gasteiger partial charge on any atom is 0.433 e. The van der Waals surface area contributed by atoms with Gasteiger partial charge < -0.3 is 15.1 Å². The Kier molecular flexibility index (Phi) is 9.22. The zero-order valence-electron chi connectivity index (χ0n) is 30.8. The van der Waals surface area contributed by atoms with Crippen molar-refractivity contribution in [3.8, 4) is 5.69 Å². The second kappa shape index (κ2) is 14.4. The van der Waals surface area contributed by atoms with Crippen LogP contribution in [0.4, 0.5) is 18.9 Å². The van der Waals surface area contributed by atoms with Crippen LogP contribution in [0.5, 0.6) is 0 Å². The number of anilines is 1. The highest BCUT2D eigenvalue weighted by Gasteiger charge is 2.51. The van der Waals surface area contributed by atoms with Crippen LogP contribution >= 0.6 is 0 Å². The summed E-state index contributed by atoms with van der Waals surface area (Å²) in [5.74, 6) is -2.92. The number of aromatic nitrogens is 2. The third-order valence-corrected chi connectivity index (χ3v) is 11.7. The Bertz CT molecular complexity index is 2570. The Morgan fingerprint density at radius 2 is 1.19 bits per heavy atom. The van der Waals surface area contributed by atoms with Crippen molar-refractivity contribution in [2.45, 2.75) is 49.1 Å². The lowest BCUT2D eigenvalue weighted by atomic mass is 9.63. The number of halogens is 3. The average molecular weight is 762 g/mol. The van der Waals surface area contributed by atoms with E-state index in [4.69, 9.17) is 0 Å². The zero-order chi connectivity index (χ0) is 39.3. The minimum Gasteiger partial charge on any atom is -0.851 e. The van der Waals surface area contributed by atoms with Crippen molar-refractivity contribution in [1.82, 2.24) is 9.78 Å². The maximum atomic E-state index is 14.6. The number of nitrogens with one attached hydrogen (secondary N) is 1. The third-order valence-electron chi connectivity index (χ3n) is 11.7. The minimum absolute atomic E-state index is 0.168. The van der Waals surface area contributed by atoms with Crippen molar-refractivity contribution >= 4 is 16.5 Å². The van der Waals surface area contributed by atoms with E-state index in [1.807, 2.05) is 78.9 Å². The number of hydrogen-bond donors (Lipinski definition) is 1. The second-order valence-electron chi connectivity index (χ2n) is 15.1. The predicted octanol–water partition coefficient (Wildman–Crippen LogP) is 7.84. The summed E-state index contributed by atoms with van der Waals surface area (Å²) in [5, 5.41) is 33.3. The van der Waals surface area contributed by atoms with Gasteiger partial charge in [-0.2, -0.15) is 13.2 Å². The second-order valence-corrected chi connectivity index (χ2v) is 15.1. The Balaban J connectivity index is 1.25. The van der Waals surface area contributed by atoms with Gasteiger partial charge in [0.2, 0.25) is 0 Å². The van der Waals surface area contributed by atoms with Crippen molar-refractivity contribution in [2.75, 3.05) is 4.90 Å². The molecule has 286 valence electrons. The van der Waals surface area contributed by atoms with Crippen LogP contribution in [-0.2, 0) is 31.0 Å². The highest BCUT2D eigenvalue weighted by atomic mass is 19.4. The summed E-state index contributed by atoms with van der Waals surface area (Å²) in [4.78, 5) is 16.0. The number of rotatable bonds is 9. The topological polar surface area (TPSA) is 87.2 Å². The van der Waals surface area contributed by atoms with Gasteiger partial charge in [-0.15, -0.1) is 12.2 Å². The molecule has 2 unspecified atom stereocenters. The fourth-order valence-corrected chi connectivity index (χ4v) is 9.14. The van der Waals surface area contributed by atoms with Gasteiger partial charge in [0.1, 0.15) is 5.69 Å². The molecule has 57 heavy (non-hydrogen) atoms. The van der Waals surface area contributed by atoms with Crippen molar-refractivity contribution in [3.63, 3.8) is 0 Å². The van der Waals surface area contributed by atoms with Gasteiger partial charge in [-0.05, 0) is 75.9 Å². The van der Waals surface area contributed by atoms with Gasteiger partial charge in [0, 0.05) is 23.3 Å². The first-order chi connectivity index (χ1) is 27.6. The highest BCUT2D eigenvalue weighted by Crippen LogP contribution is 2.56. The molecule has 0 amide bonds. The maximum absolute atomic E-state index is 14.6. The number of allylic oxidation sites excluding steroid dienone is 1. The largest absolute Gasteiger partial charge is 0.851 e. The summed E-state index contributed by atoms with van der Waals surface area (Å²) in [6.07, 6.45) is -5.83. The first kappa shape index (κ1) is 36.5. The van der Waals surface area contributed by atoms with E-state index in [0.717, 1.165) is 49.1 Å². The first-order valence-corrected chi connectivity index (χ1v) is 19.1. The fraction of sp³-hybridized carbons (Fsp3) is 0.188. The molecule has 0 spiro atoms. The predicted molar refractivity (Wildman–Crippen MR) is 212 cm³/mol. The molecule has 7 aromatic rings. The molecule has 1 saturated carbocycles. The SMILES string of the molecule is O=c1c(C2C([O-])C(C=C3N(Cc4ccccc4)c4ccc5ccccc5c4C3(Cc3ccccc3)Cc3ccccc3)C2[O-])c(C(F)(F)F)[nH]n1-c1ccccc1. The van der Waals surface area contributed by atoms with Crippen LogP contribution in [0.2, 0.25) is 0 Å². The molecule has 6 nitrogen and oxygen atoms in total. The fourth-order valence-electron chi connectivity index (χ4n) is 9.14. The van der Waals surface area contributed by atoms with Crippen LogP contribution in [0.15, 0.2) is 174 Å². The molecule has 1 aliphatic carbocycles. The number of hydrogen-bond acceptors (Lipinski definition) is 4. The molecule has 0 radical (unpaired) electrons. The summed E-state index contributed by atoms with van der Waals surface area (Å²) in [6.45, 7) is 0.421. The molecule has 2 atom stereocenters. The van der Waals surface area contributed by atoms with Crippen LogP contribution in [-0.4, -0.2) is 22.0 Å². The molecule has 2 aliphatic rings. The number of H-pyrrole nitrogens is 1. The van der Waals surface area contributed by atoms with E-state index in [1.54, 1.807) is 24.3 Å². The Labute approximate surface area is 327 Å². The van der Waals surface area contributed by atoms with E-state index in [0.29, 0.717) is 19.4 Å². The molecule has 9 heteroatoms. The summed E-state index contributed by atoms with van der Waals surface area (Å²) in [5.41, 5.74) is 2.00. The molecular formula is C48H38F3N3O3-2. The lowest BCUT2D eigenvalue weighted by molar-refractivity contribution is -0.543. The molecule has 0 saturated heterocycles. The lowest BCUT2D eigenvalue weighted by Gasteiger charge is -2.60. The minimum atomic E-state index is -5.00. The summed E-state index contributed by atoms with van der Waals surface area (Å²) < 4.78 is 44.6. The number of alkyl halides is 3. The number of para-hydroxylation sites is 1. The van der Waals surface area contributed by atoms with Crippen LogP contribution in [0, 0.1) is 5.92 Å².